The maximum atomic E-state index is 13.4. The minimum absolute atomic E-state index is 0.0104. The van der Waals surface area contributed by atoms with Gasteiger partial charge in [-0.05, 0) is 25.5 Å². The molecule has 2 heterocycles. The Kier molecular flexibility index (Phi) is 5.42. The van der Waals surface area contributed by atoms with Crippen LogP contribution in [0.4, 0.5) is 0 Å². The van der Waals surface area contributed by atoms with E-state index in [4.69, 9.17) is 4.74 Å². The highest BCUT2D eigenvalue weighted by Crippen LogP contribution is 2.52. The quantitative estimate of drug-likeness (QED) is 0.592. The van der Waals surface area contributed by atoms with Crippen molar-refractivity contribution >= 4 is 17.8 Å². The fourth-order valence-electron chi connectivity index (χ4n) is 5.11. The van der Waals surface area contributed by atoms with E-state index in [0.717, 1.165) is 10.5 Å². The van der Waals surface area contributed by atoms with Crippen molar-refractivity contribution in [3.05, 3.63) is 59.7 Å². The standard InChI is InChI=1S/C24H26N2O6/c1-13(2)26-21(28)17-18(22(26)29)24(23(30)31,12-14-8-5-4-6-9-14)25-19(17)15-10-7-11-16(32-3)20(15)27/h4-11,13,17-19,25,27H,12H2,1-3H3,(H,30,31)/t17-,18+,19-,24-/m0/s1. The van der Waals surface area contributed by atoms with Crippen LogP contribution in [0.3, 0.4) is 0 Å². The lowest BCUT2D eigenvalue weighted by Gasteiger charge is -2.32. The molecule has 168 valence electrons. The van der Waals surface area contributed by atoms with Crippen molar-refractivity contribution in [1.82, 2.24) is 10.2 Å². The number of benzene rings is 2. The first kappa shape index (κ1) is 21.8. The van der Waals surface area contributed by atoms with Gasteiger partial charge in [0.1, 0.15) is 5.54 Å². The fraction of sp³-hybridized carbons (Fsp3) is 0.375. The number of fused-ring (bicyclic) bond motifs is 1. The number of aliphatic carboxylic acids is 1. The van der Waals surface area contributed by atoms with Crippen molar-refractivity contribution in [2.45, 2.75) is 37.9 Å². The topological polar surface area (TPSA) is 116 Å². The number of carbonyl (C=O) groups excluding carboxylic acids is 2. The van der Waals surface area contributed by atoms with Gasteiger partial charge >= 0.3 is 5.97 Å². The number of nitrogens with one attached hydrogen (secondary N) is 1. The van der Waals surface area contributed by atoms with Gasteiger partial charge in [0.05, 0.1) is 18.9 Å². The average Bonchev–Trinajstić information content (AvgIpc) is 3.23. The fourth-order valence-corrected chi connectivity index (χ4v) is 5.11. The summed E-state index contributed by atoms with van der Waals surface area (Å²) in [5.74, 6) is -4.23. The lowest BCUT2D eigenvalue weighted by molar-refractivity contribution is -0.152. The molecule has 32 heavy (non-hydrogen) atoms. The number of carboxylic acid groups (broad SMARTS) is 1. The van der Waals surface area contributed by atoms with Crippen LogP contribution >= 0.6 is 0 Å². The molecular weight excluding hydrogens is 412 g/mol. The van der Waals surface area contributed by atoms with Crippen LogP contribution in [0.25, 0.3) is 0 Å². The number of imide groups is 1. The largest absolute Gasteiger partial charge is 0.504 e. The first-order valence-corrected chi connectivity index (χ1v) is 10.5. The van der Waals surface area contributed by atoms with E-state index >= 15 is 0 Å². The Bertz CT molecular complexity index is 1070. The third kappa shape index (κ3) is 3.14. The molecule has 2 aromatic carbocycles. The highest BCUT2D eigenvalue weighted by molar-refractivity contribution is 6.09. The van der Waals surface area contributed by atoms with E-state index in [9.17, 15) is 24.6 Å². The van der Waals surface area contributed by atoms with Crippen LogP contribution < -0.4 is 10.1 Å². The Morgan fingerprint density at radius 2 is 1.81 bits per heavy atom. The van der Waals surface area contributed by atoms with Gasteiger partial charge in [-0.3, -0.25) is 24.6 Å². The summed E-state index contributed by atoms with van der Waals surface area (Å²) in [6, 6.07) is 12.5. The van der Waals surface area contributed by atoms with Gasteiger partial charge in [-0.1, -0.05) is 42.5 Å². The molecule has 2 saturated heterocycles. The molecule has 4 atom stereocenters. The molecule has 0 spiro atoms. The normalized spacial score (nSPS) is 27.1. The van der Waals surface area contributed by atoms with Gasteiger partial charge in [0.15, 0.2) is 11.5 Å². The number of para-hydroxylation sites is 1. The Morgan fingerprint density at radius 3 is 2.41 bits per heavy atom. The number of nitrogens with zero attached hydrogens (tertiary/aromatic N) is 1. The molecule has 2 aliphatic rings. The van der Waals surface area contributed by atoms with Crippen LogP contribution in [0.2, 0.25) is 0 Å². The zero-order valence-electron chi connectivity index (χ0n) is 18.1. The average molecular weight is 438 g/mol. The number of phenolic OH excluding ortho intramolecular Hbond substituents is 1. The maximum Gasteiger partial charge on any atom is 0.325 e. The number of rotatable bonds is 6. The summed E-state index contributed by atoms with van der Waals surface area (Å²) in [6.07, 6.45) is 0.0104. The summed E-state index contributed by atoms with van der Waals surface area (Å²) in [5, 5.41) is 24.3. The van der Waals surface area contributed by atoms with E-state index in [-0.39, 0.29) is 17.9 Å². The number of carboxylic acids is 1. The third-order valence-electron chi connectivity index (χ3n) is 6.50. The molecular formula is C24H26N2O6. The predicted octanol–water partition coefficient (Wildman–Crippen LogP) is 2.12. The molecule has 0 aromatic heterocycles. The van der Waals surface area contributed by atoms with E-state index in [1.807, 2.05) is 6.07 Å². The van der Waals surface area contributed by atoms with Gasteiger partial charge in [-0.25, -0.2) is 0 Å². The maximum absolute atomic E-state index is 13.4. The number of hydrogen-bond acceptors (Lipinski definition) is 6. The molecule has 8 heteroatoms. The second kappa shape index (κ2) is 7.94. The molecule has 2 fully saturated rings. The van der Waals surface area contributed by atoms with Gasteiger partial charge in [-0.2, -0.15) is 0 Å². The van der Waals surface area contributed by atoms with Crippen LogP contribution in [0.15, 0.2) is 48.5 Å². The van der Waals surface area contributed by atoms with E-state index in [2.05, 4.69) is 5.32 Å². The molecule has 0 radical (unpaired) electrons. The highest BCUT2D eigenvalue weighted by Gasteiger charge is 2.68. The number of methoxy groups -OCH3 is 1. The van der Waals surface area contributed by atoms with E-state index in [1.54, 1.807) is 56.3 Å². The Morgan fingerprint density at radius 1 is 1.12 bits per heavy atom. The van der Waals surface area contributed by atoms with Crippen LogP contribution in [0.5, 0.6) is 11.5 Å². The van der Waals surface area contributed by atoms with Crippen molar-refractivity contribution in [2.75, 3.05) is 7.11 Å². The van der Waals surface area contributed by atoms with Gasteiger partial charge in [0.2, 0.25) is 11.8 Å². The minimum Gasteiger partial charge on any atom is -0.504 e. The molecule has 0 bridgehead atoms. The molecule has 0 saturated carbocycles. The summed E-state index contributed by atoms with van der Waals surface area (Å²) < 4.78 is 5.20. The first-order valence-electron chi connectivity index (χ1n) is 10.5. The smallest absolute Gasteiger partial charge is 0.325 e. The molecule has 8 nitrogen and oxygen atoms in total. The monoisotopic (exact) mass is 438 g/mol. The SMILES string of the molecule is COc1cccc([C@@H]2N[C@](Cc3ccccc3)(C(=O)O)[C@H]3C(=O)N(C(C)C)C(=O)[C@H]23)c1O. The molecule has 2 aromatic rings. The van der Waals surface area contributed by atoms with Crippen molar-refractivity contribution in [2.24, 2.45) is 11.8 Å². The third-order valence-corrected chi connectivity index (χ3v) is 6.50. The molecule has 2 aliphatic heterocycles. The van der Waals surface area contributed by atoms with Crippen LogP contribution in [0.1, 0.15) is 31.0 Å². The van der Waals surface area contributed by atoms with Crippen LogP contribution in [0, 0.1) is 11.8 Å². The Balaban J connectivity index is 1.90. The van der Waals surface area contributed by atoms with Gasteiger partial charge in [0.25, 0.3) is 0 Å². The molecule has 2 amide bonds. The predicted molar refractivity (Wildman–Crippen MR) is 115 cm³/mol. The second-order valence-electron chi connectivity index (χ2n) is 8.60. The van der Waals surface area contributed by atoms with Gasteiger partial charge in [0, 0.05) is 24.1 Å². The van der Waals surface area contributed by atoms with Crippen molar-refractivity contribution in [3.63, 3.8) is 0 Å². The number of ether oxygens (including phenoxy) is 1. The minimum atomic E-state index is -1.72. The number of amides is 2. The Hall–Kier alpha value is -3.39. The first-order chi connectivity index (χ1) is 15.2. The lowest BCUT2D eigenvalue weighted by Crippen LogP contribution is -2.57. The molecule has 0 unspecified atom stereocenters. The lowest BCUT2D eigenvalue weighted by atomic mass is 9.76. The van der Waals surface area contributed by atoms with Crippen LogP contribution in [-0.4, -0.2) is 51.6 Å². The summed E-state index contributed by atoms with van der Waals surface area (Å²) in [4.78, 5) is 40.8. The summed E-state index contributed by atoms with van der Waals surface area (Å²) >= 11 is 0. The number of carbonyl (C=O) groups is 3. The summed E-state index contributed by atoms with van der Waals surface area (Å²) in [5.41, 5.74) is -0.676. The number of likely N-dealkylation sites (tertiary alicyclic amines) is 1. The van der Waals surface area contributed by atoms with Gasteiger partial charge < -0.3 is 14.9 Å². The summed E-state index contributed by atoms with van der Waals surface area (Å²) in [6.45, 7) is 3.45. The van der Waals surface area contributed by atoms with Crippen molar-refractivity contribution in [1.29, 1.82) is 0 Å². The molecule has 0 aliphatic carbocycles. The highest BCUT2D eigenvalue weighted by atomic mass is 16.5. The van der Waals surface area contributed by atoms with E-state index in [1.165, 1.54) is 7.11 Å². The van der Waals surface area contributed by atoms with Gasteiger partial charge in [-0.15, -0.1) is 0 Å². The van der Waals surface area contributed by atoms with E-state index < -0.39 is 47.2 Å². The molecule has 4 rings (SSSR count). The van der Waals surface area contributed by atoms with Crippen molar-refractivity contribution < 1.29 is 29.3 Å². The summed E-state index contributed by atoms with van der Waals surface area (Å²) in [7, 11) is 1.41. The number of hydrogen-bond donors (Lipinski definition) is 3. The zero-order valence-corrected chi connectivity index (χ0v) is 18.1. The zero-order chi connectivity index (χ0) is 23.2. The number of phenols is 1. The van der Waals surface area contributed by atoms with Crippen molar-refractivity contribution in [3.8, 4) is 11.5 Å². The second-order valence-corrected chi connectivity index (χ2v) is 8.60. The molecule has 3 N–H and O–H groups in total. The number of aromatic hydroxyl groups is 1. The van der Waals surface area contributed by atoms with E-state index in [0.29, 0.717) is 5.56 Å². The Labute approximate surface area is 185 Å². The van der Waals surface area contributed by atoms with Crippen LogP contribution in [-0.2, 0) is 20.8 Å².